The summed E-state index contributed by atoms with van der Waals surface area (Å²) in [4.78, 5) is 27.6. The molecule has 78 heavy (non-hydrogen) atoms. The molecule has 6 nitrogen and oxygen atoms in total. The highest BCUT2D eigenvalue weighted by Gasteiger charge is 2.27. The summed E-state index contributed by atoms with van der Waals surface area (Å²) in [5.41, 5.74) is 14.9. The van der Waals surface area contributed by atoms with E-state index in [-0.39, 0.29) is 21.7 Å². The van der Waals surface area contributed by atoms with Gasteiger partial charge in [-0.1, -0.05) is 198 Å². The SMILES string of the molecule is CC(C)(C)c1cc(-c2nc(-c3cc(C(C)(C)C)cc(C(C)(C)C)c3)nc(-c3ccc(-n4c5ccccc5c5c6sc7ccccc7c6ccc54)c(-c4nc(-c5ccccc5)cc(-c5ccccc5)n4)c3)n2)cc(C(C)(C)C)c1. The number of para-hydroxylation sites is 1. The highest BCUT2D eigenvalue weighted by Crippen LogP contribution is 2.46. The smallest absolute Gasteiger partial charge is 0.164 e. The Kier molecular flexibility index (Phi) is 12.2. The van der Waals surface area contributed by atoms with E-state index in [0.29, 0.717) is 23.3 Å². The number of fused-ring (bicyclic) bond motifs is 7. The third kappa shape index (κ3) is 9.38. The number of thiophene rings is 1. The Balaban J connectivity index is 1.18. The van der Waals surface area contributed by atoms with Gasteiger partial charge >= 0.3 is 0 Å². The molecule has 386 valence electrons. The molecule has 0 spiro atoms. The molecule has 0 radical (unpaired) electrons. The molecule has 12 rings (SSSR count). The summed E-state index contributed by atoms with van der Waals surface area (Å²) in [6, 6.07) is 65.5. The molecule has 0 bridgehead atoms. The molecule has 0 aliphatic carbocycles. The molecule has 7 heteroatoms. The minimum absolute atomic E-state index is 0.121. The van der Waals surface area contributed by atoms with Crippen LogP contribution in [0.25, 0.3) is 116 Å². The van der Waals surface area contributed by atoms with Crippen molar-refractivity contribution in [3.63, 3.8) is 0 Å². The fourth-order valence-corrected chi connectivity index (χ4v) is 11.9. The lowest BCUT2D eigenvalue weighted by Gasteiger charge is -2.26. The second kappa shape index (κ2) is 18.8. The first-order valence-corrected chi connectivity index (χ1v) is 28.0. The lowest BCUT2D eigenvalue weighted by molar-refractivity contribution is 0.568. The van der Waals surface area contributed by atoms with Crippen molar-refractivity contribution in [2.45, 2.75) is 105 Å². The molecule has 0 amide bonds. The van der Waals surface area contributed by atoms with Crippen LogP contribution in [0.5, 0.6) is 0 Å². The molecule has 0 N–H and O–H groups in total. The zero-order valence-corrected chi connectivity index (χ0v) is 47.7. The lowest BCUT2D eigenvalue weighted by Crippen LogP contribution is -2.17. The highest BCUT2D eigenvalue weighted by molar-refractivity contribution is 7.26. The van der Waals surface area contributed by atoms with E-state index in [1.165, 1.54) is 53.2 Å². The molecule has 0 atom stereocenters. The van der Waals surface area contributed by atoms with Gasteiger partial charge < -0.3 is 4.57 Å². The van der Waals surface area contributed by atoms with Crippen molar-refractivity contribution in [2.75, 3.05) is 0 Å². The summed E-state index contributed by atoms with van der Waals surface area (Å²) < 4.78 is 4.96. The summed E-state index contributed by atoms with van der Waals surface area (Å²) in [5.74, 6) is 2.41. The third-order valence-electron chi connectivity index (χ3n) is 15.3. The molecule has 0 aliphatic rings. The van der Waals surface area contributed by atoms with E-state index >= 15 is 0 Å². The summed E-state index contributed by atoms with van der Waals surface area (Å²) in [7, 11) is 0. The number of benzene rings is 8. The molecule has 0 saturated carbocycles. The van der Waals surface area contributed by atoms with Gasteiger partial charge in [0.2, 0.25) is 0 Å². The standard InChI is InChI=1S/C71H66N6S/c1-68(2,3)48-35-46(36-49(40-48)69(4,5)6)65-74-64(75-66(76-65)47-37-50(70(7,8)9)41-51(38-47)71(10,11)12)45-31-33-59(55(39-45)67-72-56(43-23-15-13-16-24-43)42-57(73-67)44-25-17-14-18-26-44)77-58-29-21-19-28-54(58)62-60(77)34-32-53-52-27-20-22-30-61(52)78-63(53)62/h13-42H,1-12H3. The first-order valence-electron chi connectivity index (χ1n) is 27.2. The van der Waals surface area contributed by atoms with Crippen molar-refractivity contribution in [3.05, 3.63) is 204 Å². The Morgan fingerprint density at radius 2 is 0.795 bits per heavy atom. The third-order valence-corrected chi connectivity index (χ3v) is 16.5. The fourth-order valence-electron chi connectivity index (χ4n) is 10.6. The van der Waals surface area contributed by atoms with Crippen LogP contribution in [0.1, 0.15) is 105 Å². The van der Waals surface area contributed by atoms with Crippen LogP contribution < -0.4 is 0 Å². The van der Waals surface area contributed by atoms with Crippen LogP contribution in [0.4, 0.5) is 0 Å². The molecule has 4 aromatic heterocycles. The largest absolute Gasteiger partial charge is 0.308 e. The quantitative estimate of drug-likeness (QED) is 0.159. The van der Waals surface area contributed by atoms with Crippen LogP contribution in [-0.2, 0) is 21.7 Å². The van der Waals surface area contributed by atoms with Crippen LogP contribution in [-0.4, -0.2) is 29.5 Å². The molecule has 0 unspecified atom stereocenters. The predicted octanol–water partition coefficient (Wildman–Crippen LogP) is 19.3. The van der Waals surface area contributed by atoms with Gasteiger partial charge in [-0.15, -0.1) is 11.3 Å². The maximum atomic E-state index is 5.53. The first kappa shape index (κ1) is 50.7. The van der Waals surface area contributed by atoms with E-state index < -0.39 is 0 Å². The minimum Gasteiger partial charge on any atom is -0.308 e. The van der Waals surface area contributed by atoms with E-state index in [1.807, 2.05) is 23.5 Å². The second-order valence-corrected chi connectivity index (χ2v) is 26.2. The monoisotopic (exact) mass is 1030 g/mol. The number of hydrogen-bond donors (Lipinski definition) is 0. The van der Waals surface area contributed by atoms with Crippen molar-refractivity contribution in [1.29, 1.82) is 0 Å². The molecule has 0 fully saturated rings. The van der Waals surface area contributed by atoms with E-state index in [2.05, 4.69) is 258 Å². The van der Waals surface area contributed by atoms with E-state index in [9.17, 15) is 0 Å². The van der Waals surface area contributed by atoms with Gasteiger partial charge in [0.25, 0.3) is 0 Å². The van der Waals surface area contributed by atoms with Crippen LogP contribution in [0.3, 0.4) is 0 Å². The van der Waals surface area contributed by atoms with Crippen molar-refractivity contribution in [3.8, 4) is 73.8 Å². The number of hydrogen-bond acceptors (Lipinski definition) is 6. The average Bonchev–Trinajstić information content (AvgIpc) is 4.07. The Morgan fingerprint density at radius 3 is 1.31 bits per heavy atom. The molecule has 0 aliphatic heterocycles. The van der Waals surface area contributed by atoms with Crippen LogP contribution >= 0.6 is 11.3 Å². The Labute approximate surface area is 463 Å². The summed E-state index contributed by atoms with van der Waals surface area (Å²) in [5, 5.41) is 4.96. The Morgan fingerprint density at radius 1 is 0.333 bits per heavy atom. The van der Waals surface area contributed by atoms with Crippen LogP contribution in [0, 0.1) is 0 Å². The normalized spacial score (nSPS) is 12.6. The molecule has 0 saturated heterocycles. The van der Waals surface area contributed by atoms with Gasteiger partial charge in [0, 0.05) is 64.3 Å². The minimum atomic E-state index is -0.121. The van der Waals surface area contributed by atoms with Gasteiger partial charge in [-0.3, -0.25) is 0 Å². The fraction of sp³-hybridized carbons (Fsp3) is 0.225. The van der Waals surface area contributed by atoms with Crippen molar-refractivity contribution in [1.82, 2.24) is 29.5 Å². The first-order chi connectivity index (χ1) is 37.2. The summed E-state index contributed by atoms with van der Waals surface area (Å²) in [6.45, 7) is 27.3. The highest BCUT2D eigenvalue weighted by atomic mass is 32.1. The molecule has 4 heterocycles. The maximum Gasteiger partial charge on any atom is 0.164 e. The summed E-state index contributed by atoms with van der Waals surface area (Å²) >= 11 is 1.86. The zero-order chi connectivity index (χ0) is 54.5. The van der Waals surface area contributed by atoms with Gasteiger partial charge in [0.1, 0.15) is 0 Å². The van der Waals surface area contributed by atoms with Gasteiger partial charge in [-0.25, -0.2) is 24.9 Å². The van der Waals surface area contributed by atoms with E-state index in [1.54, 1.807) is 0 Å². The summed E-state index contributed by atoms with van der Waals surface area (Å²) in [6.07, 6.45) is 0. The topological polar surface area (TPSA) is 69.4 Å². The second-order valence-electron chi connectivity index (χ2n) is 25.1. The molecular weight excluding hydrogens is 969 g/mol. The molecule has 12 aromatic rings. The van der Waals surface area contributed by atoms with E-state index in [4.69, 9.17) is 24.9 Å². The number of rotatable bonds is 7. The molecule has 8 aromatic carbocycles. The predicted molar refractivity (Wildman–Crippen MR) is 330 cm³/mol. The lowest BCUT2D eigenvalue weighted by atomic mass is 9.79. The number of aromatic nitrogens is 6. The zero-order valence-electron chi connectivity index (χ0n) is 46.9. The van der Waals surface area contributed by atoms with Crippen molar-refractivity contribution in [2.24, 2.45) is 0 Å². The average molecular weight is 1040 g/mol. The van der Waals surface area contributed by atoms with Gasteiger partial charge in [0.05, 0.1) is 28.1 Å². The van der Waals surface area contributed by atoms with E-state index in [0.717, 1.165) is 61.5 Å². The van der Waals surface area contributed by atoms with Gasteiger partial charge in [-0.2, -0.15) is 0 Å². The Bertz CT molecular complexity index is 4070. The van der Waals surface area contributed by atoms with Gasteiger partial charge in [0.15, 0.2) is 23.3 Å². The van der Waals surface area contributed by atoms with Crippen LogP contribution in [0.2, 0.25) is 0 Å². The molecular formula is C71H66N6S. The van der Waals surface area contributed by atoms with Crippen molar-refractivity contribution < 1.29 is 0 Å². The Hall–Kier alpha value is -8.13. The maximum absolute atomic E-state index is 5.53. The van der Waals surface area contributed by atoms with Crippen molar-refractivity contribution >= 4 is 53.3 Å². The van der Waals surface area contributed by atoms with Crippen LogP contribution in [0.15, 0.2) is 182 Å². The number of nitrogens with zero attached hydrogens (tertiary/aromatic N) is 6. The van der Waals surface area contributed by atoms with Gasteiger partial charge in [-0.05, 0) is 111 Å².